The quantitative estimate of drug-likeness (QED) is 0.530. The van der Waals surface area contributed by atoms with E-state index >= 15 is 0 Å². The summed E-state index contributed by atoms with van der Waals surface area (Å²) in [7, 11) is 0. The minimum absolute atomic E-state index is 0.00855. The third-order valence-corrected chi connectivity index (χ3v) is 6.66. The predicted molar refractivity (Wildman–Crippen MR) is 110 cm³/mol. The van der Waals surface area contributed by atoms with Gasteiger partial charge in [-0.3, -0.25) is 9.69 Å². The van der Waals surface area contributed by atoms with Crippen molar-refractivity contribution in [3.05, 3.63) is 75.0 Å². The smallest absolute Gasteiger partial charge is 0.344 e. The predicted octanol–water partition coefficient (Wildman–Crippen LogP) is 5.72. The van der Waals surface area contributed by atoms with Crippen molar-refractivity contribution in [3.63, 3.8) is 0 Å². The third kappa shape index (κ3) is 3.98. The number of hydrogen-bond donors (Lipinski definition) is 0. The van der Waals surface area contributed by atoms with Gasteiger partial charge in [0.05, 0.1) is 34.8 Å². The average molecular weight is 468 g/mol. The molecule has 0 bridgehead atoms. The molecule has 2 aromatic carbocycles. The highest BCUT2D eigenvalue weighted by atomic mass is 35.5. The van der Waals surface area contributed by atoms with Crippen molar-refractivity contribution in [2.24, 2.45) is 0 Å². The lowest BCUT2D eigenvalue weighted by Gasteiger charge is -2.42. The van der Waals surface area contributed by atoms with Crippen LogP contribution in [-0.2, 0) is 11.0 Å². The molecule has 1 atom stereocenters. The topological polar surface area (TPSA) is 47.3 Å². The lowest BCUT2D eigenvalue weighted by molar-refractivity contribution is -0.137. The molecular weight excluding hydrogens is 454 g/mol. The van der Waals surface area contributed by atoms with Gasteiger partial charge in [-0.15, -0.1) is 0 Å². The number of thioether (sulfide) groups is 1. The van der Waals surface area contributed by atoms with Gasteiger partial charge in [-0.05, 0) is 30.3 Å². The van der Waals surface area contributed by atoms with Crippen LogP contribution in [0.2, 0.25) is 5.02 Å². The van der Waals surface area contributed by atoms with Crippen LogP contribution >= 0.6 is 23.4 Å². The SMILES string of the molecule is N#CC1=C2SCN(c3cccc(C(F)(F)F)c3)CN2C(=O)CC1c1c(F)cccc1Cl. The number of nitrogens with zero attached hydrogens (tertiary/aromatic N) is 3. The van der Waals surface area contributed by atoms with Gasteiger partial charge in [-0.2, -0.15) is 18.4 Å². The highest BCUT2D eigenvalue weighted by molar-refractivity contribution is 8.03. The first-order valence-electron chi connectivity index (χ1n) is 9.14. The van der Waals surface area contributed by atoms with Crippen molar-refractivity contribution in [1.82, 2.24) is 4.90 Å². The molecule has 2 aromatic rings. The lowest BCUT2D eigenvalue weighted by Crippen LogP contribution is -2.47. The molecule has 1 unspecified atom stereocenters. The normalized spacial score (nSPS) is 19.4. The Labute approximate surface area is 184 Å². The number of hydrogen-bond acceptors (Lipinski definition) is 4. The molecule has 10 heteroatoms. The maximum absolute atomic E-state index is 14.5. The van der Waals surface area contributed by atoms with E-state index in [1.54, 1.807) is 4.90 Å². The average Bonchev–Trinajstić information content (AvgIpc) is 2.73. The van der Waals surface area contributed by atoms with Crippen LogP contribution in [0.5, 0.6) is 0 Å². The van der Waals surface area contributed by atoms with Crippen LogP contribution in [0.4, 0.5) is 23.2 Å². The summed E-state index contributed by atoms with van der Waals surface area (Å²) in [6.45, 7) is -0.00855. The number of carbonyl (C=O) groups excluding carboxylic acids is 1. The first-order valence-corrected chi connectivity index (χ1v) is 10.5. The van der Waals surface area contributed by atoms with E-state index in [1.807, 2.05) is 0 Å². The molecule has 2 aliphatic rings. The number of alkyl halides is 3. The van der Waals surface area contributed by atoms with Crippen LogP contribution in [0.3, 0.4) is 0 Å². The third-order valence-electron chi connectivity index (χ3n) is 5.18. The molecule has 1 saturated heterocycles. The fourth-order valence-corrected chi connectivity index (χ4v) is 5.16. The Morgan fingerprint density at radius 3 is 2.61 bits per heavy atom. The Bertz CT molecular complexity index is 1110. The summed E-state index contributed by atoms with van der Waals surface area (Å²) in [5, 5.41) is 10.3. The number of nitriles is 1. The molecule has 0 radical (unpaired) electrons. The first kappa shape index (κ1) is 21.5. The van der Waals surface area contributed by atoms with Crippen molar-refractivity contribution < 1.29 is 22.4 Å². The molecular formula is C21H14ClF4N3OS. The number of rotatable bonds is 2. The summed E-state index contributed by atoms with van der Waals surface area (Å²) >= 11 is 7.31. The Balaban J connectivity index is 1.68. The van der Waals surface area contributed by atoms with Crippen LogP contribution in [0.25, 0.3) is 0 Å². The van der Waals surface area contributed by atoms with Gasteiger partial charge in [0, 0.05) is 28.6 Å². The first-order chi connectivity index (χ1) is 14.7. The van der Waals surface area contributed by atoms with Gasteiger partial charge < -0.3 is 4.90 Å². The maximum Gasteiger partial charge on any atom is 0.416 e. The van der Waals surface area contributed by atoms with Crippen LogP contribution < -0.4 is 4.90 Å². The van der Waals surface area contributed by atoms with Crippen molar-refractivity contribution >= 4 is 35.0 Å². The Hall–Kier alpha value is -2.70. The lowest BCUT2D eigenvalue weighted by atomic mass is 9.86. The standard InChI is InChI=1S/C21H14ClF4N3OS/c22-16-5-2-6-17(23)19(16)14-8-18(30)29-10-28(11-31-20(29)15(14)9-27)13-4-1-3-12(7-13)21(24,25)26/h1-7,14H,8,10-11H2. The van der Waals surface area contributed by atoms with Crippen LogP contribution in [0.1, 0.15) is 23.5 Å². The number of anilines is 1. The van der Waals surface area contributed by atoms with E-state index in [4.69, 9.17) is 11.6 Å². The van der Waals surface area contributed by atoms with E-state index in [0.717, 1.165) is 23.9 Å². The molecule has 0 spiro atoms. The van der Waals surface area contributed by atoms with Gasteiger partial charge in [0.15, 0.2) is 0 Å². The number of allylic oxidation sites excluding steroid dienone is 1. The highest BCUT2D eigenvalue weighted by Crippen LogP contribution is 2.45. The second-order valence-corrected chi connectivity index (χ2v) is 8.39. The zero-order valence-corrected chi connectivity index (χ0v) is 17.4. The van der Waals surface area contributed by atoms with Crippen LogP contribution in [-0.4, -0.2) is 23.4 Å². The fourth-order valence-electron chi connectivity index (χ4n) is 3.69. The largest absolute Gasteiger partial charge is 0.416 e. The zero-order chi connectivity index (χ0) is 22.3. The Morgan fingerprint density at radius 2 is 1.94 bits per heavy atom. The summed E-state index contributed by atoms with van der Waals surface area (Å²) in [6.07, 6.45) is -4.64. The molecule has 4 nitrogen and oxygen atoms in total. The van der Waals surface area contributed by atoms with Gasteiger partial charge in [0.1, 0.15) is 5.82 Å². The Morgan fingerprint density at radius 1 is 1.19 bits per heavy atom. The van der Waals surface area contributed by atoms with E-state index in [-0.39, 0.29) is 41.0 Å². The molecule has 1 amide bonds. The van der Waals surface area contributed by atoms with Crippen molar-refractivity contribution in [2.75, 3.05) is 17.4 Å². The van der Waals surface area contributed by atoms with E-state index in [0.29, 0.717) is 10.7 Å². The van der Waals surface area contributed by atoms with Crippen molar-refractivity contribution in [1.29, 1.82) is 5.26 Å². The Kier molecular flexibility index (Phi) is 5.62. The molecule has 0 saturated carbocycles. The van der Waals surface area contributed by atoms with E-state index in [2.05, 4.69) is 6.07 Å². The van der Waals surface area contributed by atoms with E-state index in [9.17, 15) is 27.6 Å². The fraction of sp³-hybridized carbons (Fsp3) is 0.238. The van der Waals surface area contributed by atoms with Gasteiger partial charge in [0.2, 0.25) is 5.91 Å². The number of fused-ring (bicyclic) bond motifs is 1. The van der Waals surface area contributed by atoms with Crippen molar-refractivity contribution in [2.45, 2.75) is 18.5 Å². The highest BCUT2D eigenvalue weighted by Gasteiger charge is 2.40. The second kappa shape index (κ2) is 8.09. The molecule has 2 heterocycles. The summed E-state index contributed by atoms with van der Waals surface area (Å²) in [5.74, 6) is -1.55. The number of benzene rings is 2. The number of halogens is 5. The van der Waals surface area contributed by atoms with Crippen LogP contribution in [0, 0.1) is 17.1 Å². The molecule has 0 N–H and O–H groups in total. The molecule has 31 heavy (non-hydrogen) atoms. The van der Waals surface area contributed by atoms with Crippen molar-refractivity contribution in [3.8, 4) is 6.07 Å². The second-order valence-electron chi connectivity index (χ2n) is 7.05. The van der Waals surface area contributed by atoms with Crippen LogP contribution in [0.15, 0.2) is 53.1 Å². The molecule has 4 rings (SSSR count). The number of amides is 1. The van der Waals surface area contributed by atoms with E-state index < -0.39 is 23.5 Å². The maximum atomic E-state index is 14.5. The number of carbonyl (C=O) groups is 1. The molecule has 0 aliphatic carbocycles. The molecule has 0 aromatic heterocycles. The van der Waals surface area contributed by atoms with Gasteiger partial charge >= 0.3 is 6.18 Å². The van der Waals surface area contributed by atoms with E-state index in [1.165, 1.54) is 35.2 Å². The monoisotopic (exact) mass is 467 g/mol. The minimum atomic E-state index is -4.48. The van der Waals surface area contributed by atoms with Gasteiger partial charge in [0.25, 0.3) is 0 Å². The summed E-state index contributed by atoms with van der Waals surface area (Å²) < 4.78 is 53.6. The summed E-state index contributed by atoms with van der Waals surface area (Å²) in [4.78, 5) is 15.9. The molecule has 2 aliphatic heterocycles. The molecule has 1 fully saturated rings. The zero-order valence-electron chi connectivity index (χ0n) is 15.8. The van der Waals surface area contributed by atoms with Gasteiger partial charge in [-0.25, -0.2) is 4.39 Å². The minimum Gasteiger partial charge on any atom is -0.344 e. The summed E-state index contributed by atoms with van der Waals surface area (Å²) in [5.41, 5.74) is -0.150. The summed E-state index contributed by atoms with van der Waals surface area (Å²) in [6, 6.07) is 11.1. The molecule has 160 valence electrons. The van der Waals surface area contributed by atoms with Gasteiger partial charge in [-0.1, -0.05) is 35.5 Å².